The van der Waals surface area contributed by atoms with Crippen molar-refractivity contribution in [3.8, 4) is 11.5 Å². The summed E-state index contributed by atoms with van der Waals surface area (Å²) in [5, 5.41) is 7.03. The van der Waals surface area contributed by atoms with E-state index in [1.807, 2.05) is 20.0 Å². The summed E-state index contributed by atoms with van der Waals surface area (Å²) in [5.41, 5.74) is 1.26. The molecule has 0 unspecified atom stereocenters. The highest BCUT2D eigenvalue weighted by atomic mass is 16.5. The maximum absolute atomic E-state index is 5.66. The maximum Gasteiger partial charge on any atom is 0.191 e. The third kappa shape index (κ3) is 6.89. The molecule has 2 N–H and O–H groups in total. The summed E-state index contributed by atoms with van der Waals surface area (Å²) >= 11 is 0. The number of rotatable bonds is 9. The number of piperidine rings is 1. The van der Waals surface area contributed by atoms with E-state index in [9.17, 15) is 0 Å². The lowest BCUT2D eigenvalue weighted by Gasteiger charge is -2.35. The lowest BCUT2D eigenvalue weighted by molar-refractivity contribution is 0.167. The molecule has 1 aliphatic rings. The molecule has 0 bridgehead atoms. The van der Waals surface area contributed by atoms with Gasteiger partial charge in [0, 0.05) is 38.8 Å². The minimum atomic E-state index is 0.511. The standard InChI is InChI=1S/C22H38N4O2/c1-6-28-21-16-18(9-10-20(21)27-5)8-7-13-24-22(23-4)25-19-11-14-26(15-12-19)17(2)3/h9-10,16-17,19H,6-8,11-15H2,1-5H3,(H2,23,24,25). The summed E-state index contributed by atoms with van der Waals surface area (Å²) < 4.78 is 11.0. The van der Waals surface area contributed by atoms with Gasteiger partial charge in [-0.05, 0) is 64.2 Å². The Hall–Kier alpha value is -1.95. The highest BCUT2D eigenvalue weighted by Crippen LogP contribution is 2.28. The van der Waals surface area contributed by atoms with Crippen molar-refractivity contribution in [2.45, 2.75) is 58.5 Å². The molecule has 28 heavy (non-hydrogen) atoms. The minimum absolute atomic E-state index is 0.511. The average molecular weight is 391 g/mol. The Morgan fingerprint density at radius 2 is 2.00 bits per heavy atom. The van der Waals surface area contributed by atoms with Crippen molar-refractivity contribution < 1.29 is 9.47 Å². The molecule has 1 fully saturated rings. The number of nitrogens with zero attached hydrogens (tertiary/aromatic N) is 2. The highest BCUT2D eigenvalue weighted by molar-refractivity contribution is 5.79. The van der Waals surface area contributed by atoms with Gasteiger partial charge in [-0.25, -0.2) is 0 Å². The van der Waals surface area contributed by atoms with E-state index in [2.05, 4.69) is 46.5 Å². The lowest BCUT2D eigenvalue weighted by Crippen LogP contribution is -2.50. The Kier molecular flexibility index (Phi) is 9.41. The molecule has 0 aromatic heterocycles. The molecule has 0 saturated carbocycles. The van der Waals surface area contributed by atoms with Gasteiger partial charge in [-0.15, -0.1) is 0 Å². The van der Waals surface area contributed by atoms with Gasteiger partial charge in [0.05, 0.1) is 13.7 Å². The third-order valence-electron chi connectivity index (χ3n) is 5.29. The molecule has 0 spiro atoms. The van der Waals surface area contributed by atoms with Crippen LogP contribution in [0.1, 0.15) is 45.6 Å². The fourth-order valence-electron chi connectivity index (χ4n) is 3.59. The number of benzene rings is 1. The summed E-state index contributed by atoms with van der Waals surface area (Å²) in [4.78, 5) is 6.93. The summed E-state index contributed by atoms with van der Waals surface area (Å²) in [6, 6.07) is 7.32. The van der Waals surface area contributed by atoms with E-state index in [4.69, 9.17) is 9.47 Å². The first-order valence-corrected chi connectivity index (χ1v) is 10.6. The van der Waals surface area contributed by atoms with Crippen molar-refractivity contribution in [2.75, 3.05) is 40.4 Å². The first kappa shape index (κ1) is 22.3. The molecule has 1 aromatic rings. The molecule has 158 valence electrons. The van der Waals surface area contributed by atoms with Crippen molar-refractivity contribution >= 4 is 5.96 Å². The van der Waals surface area contributed by atoms with Gasteiger partial charge in [-0.1, -0.05) is 6.07 Å². The van der Waals surface area contributed by atoms with Crippen molar-refractivity contribution in [3.05, 3.63) is 23.8 Å². The van der Waals surface area contributed by atoms with Gasteiger partial charge in [-0.3, -0.25) is 4.99 Å². The van der Waals surface area contributed by atoms with Crippen LogP contribution in [0.2, 0.25) is 0 Å². The van der Waals surface area contributed by atoms with Gasteiger partial charge in [0.25, 0.3) is 0 Å². The van der Waals surface area contributed by atoms with Crippen LogP contribution in [-0.2, 0) is 6.42 Å². The summed E-state index contributed by atoms with van der Waals surface area (Å²) in [5.74, 6) is 2.52. The fraction of sp³-hybridized carbons (Fsp3) is 0.682. The number of guanidine groups is 1. The Labute approximate surface area is 170 Å². The molecule has 0 radical (unpaired) electrons. The first-order valence-electron chi connectivity index (χ1n) is 10.6. The topological polar surface area (TPSA) is 58.1 Å². The van der Waals surface area contributed by atoms with Crippen LogP contribution in [0.15, 0.2) is 23.2 Å². The maximum atomic E-state index is 5.66. The van der Waals surface area contributed by atoms with Crippen molar-refractivity contribution in [3.63, 3.8) is 0 Å². The monoisotopic (exact) mass is 390 g/mol. The molecular formula is C22H38N4O2. The van der Waals surface area contributed by atoms with Crippen molar-refractivity contribution in [1.29, 1.82) is 0 Å². The van der Waals surface area contributed by atoms with Crippen LogP contribution >= 0.6 is 0 Å². The molecule has 1 aromatic carbocycles. The van der Waals surface area contributed by atoms with E-state index in [0.29, 0.717) is 18.7 Å². The van der Waals surface area contributed by atoms with Gasteiger partial charge in [0.15, 0.2) is 17.5 Å². The van der Waals surface area contributed by atoms with Crippen molar-refractivity contribution in [1.82, 2.24) is 15.5 Å². The molecule has 6 nitrogen and oxygen atoms in total. The number of nitrogens with one attached hydrogen (secondary N) is 2. The first-order chi connectivity index (χ1) is 13.6. The zero-order valence-electron chi connectivity index (χ0n) is 18.3. The van der Waals surface area contributed by atoms with Crippen LogP contribution in [0.4, 0.5) is 0 Å². The molecule has 1 aliphatic heterocycles. The van der Waals surface area contributed by atoms with Gasteiger partial charge >= 0.3 is 0 Å². The molecule has 1 heterocycles. The van der Waals surface area contributed by atoms with Crippen molar-refractivity contribution in [2.24, 2.45) is 4.99 Å². The van der Waals surface area contributed by atoms with Gasteiger partial charge in [-0.2, -0.15) is 0 Å². The number of methoxy groups -OCH3 is 1. The number of aliphatic imine (C=N–C) groups is 1. The van der Waals surface area contributed by atoms with Crippen LogP contribution in [-0.4, -0.2) is 63.3 Å². The van der Waals surface area contributed by atoms with E-state index < -0.39 is 0 Å². The second-order valence-electron chi connectivity index (χ2n) is 7.57. The van der Waals surface area contributed by atoms with Crippen LogP contribution < -0.4 is 20.1 Å². The Morgan fingerprint density at radius 3 is 2.61 bits per heavy atom. The van der Waals surface area contributed by atoms with Crippen LogP contribution in [0.5, 0.6) is 11.5 Å². The SMILES string of the molecule is CCOc1cc(CCCNC(=NC)NC2CCN(C(C)C)CC2)ccc1OC. The number of hydrogen-bond acceptors (Lipinski definition) is 4. The quantitative estimate of drug-likeness (QED) is 0.386. The minimum Gasteiger partial charge on any atom is -0.493 e. The van der Waals surface area contributed by atoms with Gasteiger partial charge < -0.3 is 25.0 Å². The fourth-order valence-corrected chi connectivity index (χ4v) is 3.59. The zero-order valence-corrected chi connectivity index (χ0v) is 18.3. The second kappa shape index (κ2) is 11.8. The van der Waals surface area contributed by atoms with E-state index in [1.54, 1.807) is 7.11 Å². The third-order valence-corrected chi connectivity index (χ3v) is 5.29. The molecule has 6 heteroatoms. The van der Waals surface area contributed by atoms with E-state index in [1.165, 1.54) is 18.4 Å². The largest absolute Gasteiger partial charge is 0.493 e. The predicted octanol–water partition coefficient (Wildman–Crippen LogP) is 3.06. The summed E-state index contributed by atoms with van der Waals surface area (Å²) in [6.07, 6.45) is 4.36. The molecule has 2 rings (SSSR count). The lowest BCUT2D eigenvalue weighted by atomic mass is 10.0. The molecule has 0 atom stereocenters. The molecular weight excluding hydrogens is 352 g/mol. The Bertz CT molecular complexity index is 611. The number of ether oxygens (including phenoxy) is 2. The number of likely N-dealkylation sites (tertiary alicyclic amines) is 1. The van der Waals surface area contributed by atoms with Crippen LogP contribution in [0, 0.1) is 0 Å². The predicted molar refractivity (Wildman–Crippen MR) is 117 cm³/mol. The van der Waals surface area contributed by atoms with E-state index in [-0.39, 0.29) is 0 Å². The normalized spacial score (nSPS) is 16.3. The smallest absolute Gasteiger partial charge is 0.191 e. The summed E-state index contributed by atoms with van der Waals surface area (Å²) in [6.45, 7) is 10.4. The van der Waals surface area contributed by atoms with E-state index in [0.717, 1.165) is 49.9 Å². The highest BCUT2D eigenvalue weighted by Gasteiger charge is 2.21. The summed E-state index contributed by atoms with van der Waals surface area (Å²) in [7, 11) is 3.52. The number of aryl methyl sites for hydroxylation is 1. The Balaban J connectivity index is 1.72. The van der Waals surface area contributed by atoms with Gasteiger partial charge in [0.2, 0.25) is 0 Å². The Morgan fingerprint density at radius 1 is 1.25 bits per heavy atom. The van der Waals surface area contributed by atoms with Gasteiger partial charge in [0.1, 0.15) is 0 Å². The van der Waals surface area contributed by atoms with Crippen LogP contribution in [0.3, 0.4) is 0 Å². The average Bonchev–Trinajstić information content (AvgIpc) is 2.71. The van der Waals surface area contributed by atoms with E-state index >= 15 is 0 Å². The second-order valence-corrected chi connectivity index (χ2v) is 7.57. The zero-order chi connectivity index (χ0) is 20.4. The molecule has 0 aliphatic carbocycles. The number of hydrogen-bond donors (Lipinski definition) is 2. The molecule has 0 amide bonds. The molecule has 1 saturated heterocycles. The van der Waals surface area contributed by atoms with Crippen LogP contribution in [0.25, 0.3) is 0 Å².